The molecule has 0 bridgehead atoms. The molecule has 0 saturated carbocycles. The number of carbonyl (C=O) groups is 5. The summed E-state index contributed by atoms with van der Waals surface area (Å²) in [6, 6.07) is 4.64. The molecule has 0 aliphatic carbocycles. The topological polar surface area (TPSA) is 133 Å². The number of rotatable bonds is 13. The van der Waals surface area contributed by atoms with Crippen LogP contribution in [0.2, 0.25) is 0 Å². The molecule has 3 N–H and O–H groups in total. The van der Waals surface area contributed by atoms with E-state index in [1.165, 1.54) is 17.9 Å². The lowest BCUT2D eigenvalue weighted by Crippen LogP contribution is -2.33. The van der Waals surface area contributed by atoms with E-state index in [1.54, 1.807) is 33.0 Å². The lowest BCUT2D eigenvalue weighted by molar-refractivity contribution is -0.136. The first-order chi connectivity index (χ1) is 15.5. The van der Waals surface area contributed by atoms with Gasteiger partial charge in [-0.05, 0) is 31.5 Å². The van der Waals surface area contributed by atoms with Crippen molar-refractivity contribution in [2.75, 3.05) is 32.0 Å². The number of likely N-dealkylation sites (N-methyl/N-ethyl adjacent to an activating group) is 1. The number of hydrogen-bond acceptors (Lipinski definition) is 6. The molecule has 0 radical (unpaired) electrons. The molecular formula is C24H37N3O6. The van der Waals surface area contributed by atoms with Gasteiger partial charge < -0.3 is 20.6 Å². The molecule has 0 aliphatic heterocycles. The van der Waals surface area contributed by atoms with Gasteiger partial charge in [0.05, 0.1) is 13.0 Å². The summed E-state index contributed by atoms with van der Waals surface area (Å²) < 4.78 is 0. The lowest BCUT2D eigenvalue weighted by Gasteiger charge is -2.17. The second-order valence-electron chi connectivity index (χ2n) is 7.66. The minimum Gasteiger partial charge on any atom is -0.481 e. The molecule has 0 atom stereocenters. The molecular weight excluding hydrogens is 426 g/mol. The van der Waals surface area contributed by atoms with E-state index in [0.717, 1.165) is 0 Å². The maximum Gasteiger partial charge on any atom is 0.305 e. The summed E-state index contributed by atoms with van der Waals surface area (Å²) in [6.07, 6.45) is 0.557. The third-order valence-electron chi connectivity index (χ3n) is 4.59. The Labute approximate surface area is 195 Å². The average molecular weight is 464 g/mol. The molecule has 1 aromatic carbocycles. The Morgan fingerprint density at radius 2 is 1.58 bits per heavy atom. The van der Waals surface area contributed by atoms with E-state index in [4.69, 9.17) is 5.11 Å². The Balaban J connectivity index is 0.00000497. The number of carboxylic acids is 1. The molecule has 33 heavy (non-hydrogen) atoms. The Hall–Kier alpha value is -3.23. The van der Waals surface area contributed by atoms with Crippen molar-refractivity contribution >= 4 is 35.0 Å². The van der Waals surface area contributed by atoms with E-state index in [-0.39, 0.29) is 54.9 Å². The lowest BCUT2D eigenvalue weighted by atomic mass is 10.1. The predicted molar refractivity (Wildman–Crippen MR) is 128 cm³/mol. The standard InChI is InChI=1S/C22H31N3O6.C2H6/c1-14(2)19(27)13-25(4)20(28)6-5-8-23-18-11-16(15(3)26)10-17(12-18)22(31)24-9-7-21(29)30;1-2/h10-12,14,23H,5-9,13H2,1-4H3,(H,24,31)(H,29,30);1-2H3. The van der Waals surface area contributed by atoms with Gasteiger partial charge in [0.25, 0.3) is 5.91 Å². The van der Waals surface area contributed by atoms with Crippen LogP contribution >= 0.6 is 0 Å². The van der Waals surface area contributed by atoms with Gasteiger partial charge in [-0.25, -0.2) is 0 Å². The molecule has 9 heteroatoms. The third-order valence-corrected chi connectivity index (χ3v) is 4.59. The number of Topliss-reactive ketones (excluding diaryl/α,β-unsaturated/α-hetero) is 2. The third kappa shape index (κ3) is 11.8. The highest BCUT2D eigenvalue weighted by Crippen LogP contribution is 2.16. The number of benzene rings is 1. The van der Waals surface area contributed by atoms with Crippen LogP contribution in [0.5, 0.6) is 0 Å². The maximum absolute atomic E-state index is 12.3. The molecule has 1 rings (SSSR count). The van der Waals surface area contributed by atoms with Crippen LogP contribution in [0.4, 0.5) is 5.69 Å². The number of nitrogens with zero attached hydrogens (tertiary/aromatic N) is 1. The minimum absolute atomic E-state index is 0.00387. The van der Waals surface area contributed by atoms with E-state index < -0.39 is 11.9 Å². The Kier molecular flexibility index (Phi) is 14.0. The Morgan fingerprint density at radius 3 is 2.12 bits per heavy atom. The van der Waals surface area contributed by atoms with Gasteiger partial charge in [-0.3, -0.25) is 24.0 Å². The fourth-order valence-corrected chi connectivity index (χ4v) is 2.62. The first kappa shape index (κ1) is 29.8. The minimum atomic E-state index is -1.02. The van der Waals surface area contributed by atoms with Gasteiger partial charge in [-0.1, -0.05) is 27.7 Å². The van der Waals surface area contributed by atoms with Gasteiger partial charge in [0.1, 0.15) is 0 Å². The highest BCUT2D eigenvalue weighted by molar-refractivity contribution is 6.01. The molecule has 0 fully saturated rings. The van der Waals surface area contributed by atoms with Crippen molar-refractivity contribution in [1.82, 2.24) is 10.2 Å². The van der Waals surface area contributed by atoms with E-state index in [0.29, 0.717) is 24.2 Å². The monoisotopic (exact) mass is 463 g/mol. The van der Waals surface area contributed by atoms with Crippen LogP contribution < -0.4 is 10.6 Å². The summed E-state index contributed by atoms with van der Waals surface area (Å²) in [5.41, 5.74) is 1.13. The van der Waals surface area contributed by atoms with Crippen LogP contribution in [0, 0.1) is 5.92 Å². The van der Waals surface area contributed by atoms with Crippen LogP contribution in [-0.2, 0) is 14.4 Å². The van der Waals surface area contributed by atoms with Crippen molar-refractivity contribution in [1.29, 1.82) is 0 Å². The zero-order valence-electron chi connectivity index (χ0n) is 20.5. The SMILES string of the molecule is CC.CC(=O)c1cc(NCCCC(=O)N(C)CC(=O)C(C)C)cc(C(=O)NCCC(=O)O)c1. The Morgan fingerprint density at radius 1 is 0.970 bits per heavy atom. The molecule has 0 aliphatic rings. The van der Waals surface area contributed by atoms with Crippen molar-refractivity contribution in [3.63, 3.8) is 0 Å². The molecule has 9 nitrogen and oxygen atoms in total. The summed E-state index contributed by atoms with van der Waals surface area (Å²) in [7, 11) is 1.60. The van der Waals surface area contributed by atoms with Gasteiger partial charge in [-0.15, -0.1) is 0 Å². The van der Waals surface area contributed by atoms with E-state index in [2.05, 4.69) is 10.6 Å². The fourth-order valence-electron chi connectivity index (χ4n) is 2.62. The second-order valence-corrected chi connectivity index (χ2v) is 7.66. The number of carboxylic acid groups (broad SMARTS) is 1. The molecule has 0 saturated heterocycles. The Bertz CT molecular complexity index is 835. The summed E-state index contributed by atoms with van der Waals surface area (Å²) in [5.74, 6) is -1.96. The van der Waals surface area contributed by atoms with Crippen LogP contribution in [0.1, 0.15) is 74.6 Å². The maximum atomic E-state index is 12.3. The number of anilines is 1. The number of amides is 2. The van der Waals surface area contributed by atoms with Crippen LogP contribution in [0.3, 0.4) is 0 Å². The van der Waals surface area contributed by atoms with E-state index in [9.17, 15) is 24.0 Å². The molecule has 2 amide bonds. The second kappa shape index (κ2) is 15.6. The number of ketones is 2. The van der Waals surface area contributed by atoms with Gasteiger partial charge >= 0.3 is 5.97 Å². The summed E-state index contributed by atoms with van der Waals surface area (Å²) in [6.45, 7) is 9.47. The van der Waals surface area contributed by atoms with Gasteiger partial charge in [0.2, 0.25) is 5.91 Å². The van der Waals surface area contributed by atoms with Crippen LogP contribution in [0.25, 0.3) is 0 Å². The summed E-state index contributed by atoms with van der Waals surface area (Å²) in [4.78, 5) is 60.0. The summed E-state index contributed by atoms with van der Waals surface area (Å²) in [5, 5.41) is 14.3. The summed E-state index contributed by atoms with van der Waals surface area (Å²) >= 11 is 0. The van der Waals surface area contributed by atoms with Crippen molar-refractivity contribution in [2.45, 2.75) is 53.9 Å². The van der Waals surface area contributed by atoms with Crippen molar-refractivity contribution < 1.29 is 29.1 Å². The number of carbonyl (C=O) groups excluding carboxylic acids is 4. The van der Waals surface area contributed by atoms with Crippen molar-refractivity contribution in [2.24, 2.45) is 5.92 Å². The fraction of sp³-hybridized carbons (Fsp3) is 0.542. The van der Waals surface area contributed by atoms with Crippen LogP contribution in [0.15, 0.2) is 18.2 Å². The first-order valence-corrected chi connectivity index (χ1v) is 11.2. The van der Waals surface area contributed by atoms with E-state index >= 15 is 0 Å². The smallest absolute Gasteiger partial charge is 0.305 e. The number of hydrogen-bond donors (Lipinski definition) is 3. The van der Waals surface area contributed by atoms with Crippen molar-refractivity contribution in [3.8, 4) is 0 Å². The van der Waals surface area contributed by atoms with Gasteiger partial charge in [0, 0.05) is 49.3 Å². The molecule has 0 unspecified atom stereocenters. The van der Waals surface area contributed by atoms with E-state index in [1.807, 2.05) is 13.8 Å². The zero-order valence-corrected chi connectivity index (χ0v) is 20.5. The van der Waals surface area contributed by atoms with Crippen molar-refractivity contribution in [3.05, 3.63) is 29.3 Å². The highest BCUT2D eigenvalue weighted by Gasteiger charge is 2.15. The molecule has 0 heterocycles. The quantitative estimate of drug-likeness (QED) is 0.302. The molecule has 1 aromatic rings. The molecule has 0 spiro atoms. The van der Waals surface area contributed by atoms with Gasteiger partial charge in [-0.2, -0.15) is 0 Å². The normalized spacial score (nSPS) is 10.0. The first-order valence-electron chi connectivity index (χ1n) is 11.2. The number of aliphatic carboxylic acids is 1. The largest absolute Gasteiger partial charge is 0.481 e. The number of nitrogens with one attached hydrogen (secondary N) is 2. The molecule has 184 valence electrons. The average Bonchev–Trinajstić information content (AvgIpc) is 2.77. The van der Waals surface area contributed by atoms with Gasteiger partial charge in [0.15, 0.2) is 11.6 Å². The molecule has 0 aromatic heterocycles. The zero-order chi connectivity index (χ0) is 25.6. The van der Waals surface area contributed by atoms with Crippen LogP contribution in [-0.4, -0.2) is 66.0 Å². The predicted octanol–water partition coefficient (Wildman–Crippen LogP) is 3.00. The highest BCUT2D eigenvalue weighted by atomic mass is 16.4.